The van der Waals surface area contributed by atoms with Crippen LogP contribution in [-0.2, 0) is 4.79 Å². The SMILES string of the molecule is COc1ccc(C=C(NC(=O)c2ccccc2)C(=O)NN=Cc2c(C)cc(O)cc2O)cc1OC. The number of phenolic OH excluding ortho intramolecular Hbond substituents is 2. The second-order valence-corrected chi connectivity index (χ2v) is 7.39. The molecule has 0 aliphatic heterocycles. The summed E-state index contributed by atoms with van der Waals surface area (Å²) in [5.41, 5.74) is 4.08. The number of carbonyl (C=O) groups excluding carboxylic acids is 2. The highest BCUT2D eigenvalue weighted by Crippen LogP contribution is 2.28. The van der Waals surface area contributed by atoms with Crippen LogP contribution >= 0.6 is 0 Å². The average molecular weight is 476 g/mol. The fourth-order valence-electron chi connectivity index (χ4n) is 3.20. The van der Waals surface area contributed by atoms with Gasteiger partial charge in [-0.05, 0) is 54.5 Å². The molecule has 9 nitrogen and oxygen atoms in total. The van der Waals surface area contributed by atoms with E-state index in [0.29, 0.717) is 33.8 Å². The maximum Gasteiger partial charge on any atom is 0.287 e. The second-order valence-electron chi connectivity index (χ2n) is 7.39. The van der Waals surface area contributed by atoms with Gasteiger partial charge >= 0.3 is 0 Å². The lowest BCUT2D eigenvalue weighted by Crippen LogP contribution is -2.32. The summed E-state index contributed by atoms with van der Waals surface area (Å²) < 4.78 is 10.5. The molecule has 0 spiro atoms. The number of aryl methyl sites for hydroxylation is 1. The van der Waals surface area contributed by atoms with Gasteiger partial charge in [-0.3, -0.25) is 9.59 Å². The van der Waals surface area contributed by atoms with E-state index in [-0.39, 0.29) is 17.2 Å². The van der Waals surface area contributed by atoms with E-state index in [2.05, 4.69) is 15.8 Å². The zero-order valence-electron chi connectivity index (χ0n) is 19.4. The molecule has 0 aromatic heterocycles. The lowest BCUT2D eigenvalue weighted by atomic mass is 10.1. The summed E-state index contributed by atoms with van der Waals surface area (Å²) in [7, 11) is 3.00. The molecular formula is C26H25N3O6. The fraction of sp³-hybridized carbons (Fsp3) is 0.115. The van der Waals surface area contributed by atoms with Crippen LogP contribution in [0.3, 0.4) is 0 Å². The molecule has 2 amide bonds. The normalized spacial score (nSPS) is 11.2. The molecule has 4 N–H and O–H groups in total. The van der Waals surface area contributed by atoms with E-state index in [4.69, 9.17) is 9.47 Å². The van der Waals surface area contributed by atoms with Gasteiger partial charge in [0.05, 0.1) is 20.4 Å². The van der Waals surface area contributed by atoms with E-state index in [1.165, 1.54) is 38.6 Å². The second kappa shape index (κ2) is 11.4. The van der Waals surface area contributed by atoms with Crippen molar-refractivity contribution < 1.29 is 29.3 Å². The first kappa shape index (κ1) is 24.8. The number of nitrogens with one attached hydrogen (secondary N) is 2. The number of hydrazone groups is 1. The molecule has 9 heteroatoms. The van der Waals surface area contributed by atoms with Crippen molar-refractivity contribution in [2.45, 2.75) is 6.92 Å². The number of hydrogen-bond acceptors (Lipinski definition) is 7. The molecule has 0 unspecified atom stereocenters. The number of rotatable bonds is 8. The van der Waals surface area contributed by atoms with Crippen LogP contribution in [0.1, 0.15) is 27.0 Å². The molecule has 0 aliphatic rings. The van der Waals surface area contributed by atoms with E-state index in [9.17, 15) is 19.8 Å². The molecule has 0 saturated carbocycles. The minimum absolute atomic E-state index is 0.0742. The van der Waals surface area contributed by atoms with Crippen LogP contribution in [0.5, 0.6) is 23.0 Å². The van der Waals surface area contributed by atoms with Crippen LogP contribution in [0.15, 0.2) is 71.5 Å². The Balaban J connectivity index is 1.89. The molecule has 0 bridgehead atoms. The van der Waals surface area contributed by atoms with Crippen molar-refractivity contribution in [1.82, 2.24) is 10.7 Å². The van der Waals surface area contributed by atoms with Gasteiger partial charge in [-0.2, -0.15) is 5.10 Å². The van der Waals surface area contributed by atoms with E-state index >= 15 is 0 Å². The fourth-order valence-corrected chi connectivity index (χ4v) is 3.20. The predicted molar refractivity (Wildman–Crippen MR) is 132 cm³/mol. The Morgan fingerprint density at radius 3 is 2.31 bits per heavy atom. The summed E-state index contributed by atoms with van der Waals surface area (Å²) in [5.74, 6) is -0.506. The molecule has 0 saturated heterocycles. The number of nitrogens with zero attached hydrogens (tertiary/aromatic N) is 1. The Labute approximate surface area is 202 Å². The summed E-state index contributed by atoms with van der Waals surface area (Å²) >= 11 is 0. The Bertz CT molecular complexity index is 1260. The molecule has 0 atom stereocenters. The molecule has 35 heavy (non-hydrogen) atoms. The van der Waals surface area contributed by atoms with Crippen molar-refractivity contribution in [1.29, 1.82) is 0 Å². The van der Waals surface area contributed by atoms with E-state index < -0.39 is 11.8 Å². The maximum absolute atomic E-state index is 12.9. The molecular weight excluding hydrogens is 450 g/mol. The minimum atomic E-state index is -0.698. The Morgan fingerprint density at radius 1 is 0.943 bits per heavy atom. The summed E-state index contributed by atoms with van der Waals surface area (Å²) in [6.45, 7) is 1.67. The minimum Gasteiger partial charge on any atom is -0.508 e. The van der Waals surface area contributed by atoms with Gasteiger partial charge in [0.2, 0.25) is 0 Å². The van der Waals surface area contributed by atoms with Gasteiger partial charge in [0, 0.05) is 17.2 Å². The molecule has 3 aromatic rings. The summed E-state index contributed by atoms with van der Waals surface area (Å²) in [5, 5.41) is 26.1. The van der Waals surface area contributed by atoms with Crippen molar-refractivity contribution in [2.24, 2.45) is 5.10 Å². The lowest BCUT2D eigenvalue weighted by Gasteiger charge is -2.11. The van der Waals surface area contributed by atoms with Crippen molar-refractivity contribution >= 4 is 24.1 Å². The zero-order valence-corrected chi connectivity index (χ0v) is 19.4. The van der Waals surface area contributed by atoms with Crippen LogP contribution in [0, 0.1) is 6.92 Å². The van der Waals surface area contributed by atoms with Gasteiger partial charge in [-0.1, -0.05) is 24.3 Å². The van der Waals surface area contributed by atoms with Gasteiger partial charge in [0.1, 0.15) is 17.2 Å². The number of phenols is 2. The van der Waals surface area contributed by atoms with Crippen molar-refractivity contribution in [3.63, 3.8) is 0 Å². The number of aromatic hydroxyl groups is 2. The standard InChI is InChI=1S/C26H25N3O6/c1-16-11-19(30)14-22(31)20(16)15-27-29-26(33)21(28-25(32)18-7-5-4-6-8-18)12-17-9-10-23(34-2)24(13-17)35-3/h4-15,30-31H,1-3H3,(H,28,32)(H,29,33). The molecule has 0 aliphatic carbocycles. The smallest absolute Gasteiger partial charge is 0.287 e. The molecule has 3 rings (SSSR count). The van der Waals surface area contributed by atoms with Gasteiger partial charge in [-0.15, -0.1) is 0 Å². The van der Waals surface area contributed by atoms with Crippen LogP contribution in [0.25, 0.3) is 6.08 Å². The largest absolute Gasteiger partial charge is 0.508 e. The highest BCUT2D eigenvalue weighted by atomic mass is 16.5. The molecule has 0 radical (unpaired) electrons. The summed E-state index contributed by atoms with van der Waals surface area (Å²) in [6.07, 6.45) is 2.71. The van der Waals surface area contributed by atoms with E-state index in [1.807, 2.05) is 0 Å². The van der Waals surface area contributed by atoms with Gasteiger partial charge in [0.15, 0.2) is 11.5 Å². The molecule has 0 fully saturated rings. The lowest BCUT2D eigenvalue weighted by molar-refractivity contribution is -0.117. The number of methoxy groups -OCH3 is 2. The summed E-state index contributed by atoms with van der Waals surface area (Å²) in [6, 6.07) is 16.1. The monoisotopic (exact) mass is 475 g/mol. The zero-order chi connectivity index (χ0) is 25.4. The van der Waals surface area contributed by atoms with Crippen molar-refractivity contribution in [2.75, 3.05) is 14.2 Å². The van der Waals surface area contributed by atoms with Crippen LogP contribution < -0.4 is 20.2 Å². The van der Waals surface area contributed by atoms with E-state index in [0.717, 1.165) is 0 Å². The van der Waals surface area contributed by atoms with Gasteiger partial charge in [-0.25, -0.2) is 5.43 Å². The topological polar surface area (TPSA) is 129 Å². The van der Waals surface area contributed by atoms with Crippen LogP contribution in [0.4, 0.5) is 0 Å². The van der Waals surface area contributed by atoms with Crippen molar-refractivity contribution in [3.8, 4) is 23.0 Å². The number of hydrogen-bond donors (Lipinski definition) is 4. The number of amides is 2. The first-order valence-corrected chi connectivity index (χ1v) is 10.5. The Kier molecular flexibility index (Phi) is 8.07. The third-order valence-electron chi connectivity index (χ3n) is 4.96. The van der Waals surface area contributed by atoms with Crippen molar-refractivity contribution in [3.05, 3.63) is 88.6 Å². The quantitative estimate of drug-likeness (QED) is 0.225. The van der Waals surface area contributed by atoms with Gasteiger partial charge in [0.25, 0.3) is 11.8 Å². The number of carbonyl (C=O) groups is 2. The molecule has 3 aromatic carbocycles. The van der Waals surface area contributed by atoms with Gasteiger partial charge < -0.3 is 25.0 Å². The first-order chi connectivity index (χ1) is 16.8. The third-order valence-corrected chi connectivity index (χ3v) is 4.96. The highest BCUT2D eigenvalue weighted by Gasteiger charge is 2.15. The highest BCUT2D eigenvalue weighted by molar-refractivity contribution is 6.05. The average Bonchev–Trinajstić information content (AvgIpc) is 2.85. The maximum atomic E-state index is 12.9. The van der Waals surface area contributed by atoms with Crippen LogP contribution in [0.2, 0.25) is 0 Å². The van der Waals surface area contributed by atoms with Crippen LogP contribution in [-0.4, -0.2) is 42.5 Å². The predicted octanol–water partition coefficient (Wildman–Crippen LogP) is 3.34. The Morgan fingerprint density at radius 2 is 1.66 bits per heavy atom. The Hall–Kier alpha value is -4.79. The number of ether oxygens (including phenoxy) is 2. The molecule has 0 heterocycles. The summed E-state index contributed by atoms with van der Waals surface area (Å²) in [4.78, 5) is 25.7. The first-order valence-electron chi connectivity index (χ1n) is 10.5. The van der Waals surface area contributed by atoms with E-state index in [1.54, 1.807) is 55.5 Å². The molecule has 180 valence electrons. The number of benzene rings is 3. The third kappa shape index (κ3) is 6.38.